The van der Waals surface area contributed by atoms with Crippen LogP contribution in [0, 0.1) is 0 Å². The number of hydrogen-bond donors (Lipinski definition) is 2. The Kier molecular flexibility index (Phi) is 5.82. The molecule has 2 N–H and O–H groups in total. The summed E-state index contributed by atoms with van der Waals surface area (Å²) < 4.78 is 0. The van der Waals surface area contributed by atoms with Gasteiger partial charge >= 0.3 is 0 Å². The van der Waals surface area contributed by atoms with Gasteiger partial charge < -0.3 is 5.32 Å². The van der Waals surface area contributed by atoms with E-state index in [0.29, 0.717) is 10.6 Å². The lowest BCUT2D eigenvalue weighted by Crippen LogP contribution is -2.20. The predicted molar refractivity (Wildman–Crippen MR) is 94.7 cm³/mol. The average molecular weight is 327 g/mol. The van der Waals surface area contributed by atoms with Gasteiger partial charge in [-0.1, -0.05) is 30.3 Å². The lowest BCUT2D eigenvalue weighted by molar-refractivity contribution is -0.111. The number of benzene rings is 1. The van der Waals surface area contributed by atoms with Crippen molar-refractivity contribution >= 4 is 39.9 Å². The summed E-state index contributed by atoms with van der Waals surface area (Å²) in [7, 11) is 0. The topological polar surface area (TPSA) is 70.6 Å². The molecule has 0 atom stereocenters. The summed E-state index contributed by atoms with van der Waals surface area (Å²) in [6.07, 6.45) is 3.15. The summed E-state index contributed by atoms with van der Waals surface area (Å²) in [6.45, 7) is 3.57. The second-order valence-corrected chi connectivity index (χ2v) is 5.81. The third-order valence-corrected chi connectivity index (χ3v) is 3.58. The summed E-state index contributed by atoms with van der Waals surface area (Å²) >= 11 is 1.29. The van der Waals surface area contributed by atoms with E-state index in [1.54, 1.807) is 31.4 Å². The number of thiophene rings is 1. The Morgan fingerprint density at radius 3 is 2.57 bits per heavy atom. The monoisotopic (exact) mass is 327 g/mol. The van der Waals surface area contributed by atoms with E-state index in [-0.39, 0.29) is 11.8 Å². The number of hydrazone groups is 1. The van der Waals surface area contributed by atoms with E-state index in [2.05, 4.69) is 15.8 Å². The van der Waals surface area contributed by atoms with Crippen LogP contribution in [0.15, 0.2) is 53.0 Å². The Bertz CT molecular complexity index is 744. The highest BCUT2D eigenvalue weighted by Gasteiger charge is 2.13. The second-order valence-electron chi connectivity index (χ2n) is 4.90. The van der Waals surface area contributed by atoms with Gasteiger partial charge in [0.1, 0.15) is 5.00 Å². The van der Waals surface area contributed by atoms with Gasteiger partial charge in [0.05, 0.1) is 5.56 Å². The van der Waals surface area contributed by atoms with Crippen molar-refractivity contribution in [2.75, 3.05) is 5.32 Å². The zero-order valence-electron chi connectivity index (χ0n) is 12.9. The maximum Gasteiger partial charge on any atom is 0.274 e. The summed E-state index contributed by atoms with van der Waals surface area (Å²) in [5, 5.41) is 8.82. The molecule has 6 heteroatoms. The Morgan fingerprint density at radius 2 is 1.87 bits per heavy atom. The Balaban J connectivity index is 2.02. The number of nitrogens with zero attached hydrogens (tertiary/aromatic N) is 1. The van der Waals surface area contributed by atoms with Crippen molar-refractivity contribution < 1.29 is 9.59 Å². The summed E-state index contributed by atoms with van der Waals surface area (Å²) in [5.74, 6) is -0.643. The summed E-state index contributed by atoms with van der Waals surface area (Å²) in [4.78, 5) is 24.0. The quantitative estimate of drug-likeness (QED) is 0.501. The first-order chi connectivity index (χ1) is 11.1. The number of hydrogen-bond acceptors (Lipinski definition) is 4. The van der Waals surface area contributed by atoms with E-state index in [9.17, 15) is 9.59 Å². The number of carbonyl (C=O) groups is 2. The van der Waals surface area contributed by atoms with Crippen molar-refractivity contribution in [2.24, 2.45) is 5.10 Å². The van der Waals surface area contributed by atoms with Crippen LogP contribution >= 0.6 is 11.3 Å². The van der Waals surface area contributed by atoms with Crippen LogP contribution in [0.1, 0.15) is 29.8 Å². The van der Waals surface area contributed by atoms with Gasteiger partial charge in [-0.3, -0.25) is 9.59 Å². The normalized spacial score (nSPS) is 10.3. The van der Waals surface area contributed by atoms with Crippen molar-refractivity contribution in [1.82, 2.24) is 5.43 Å². The lowest BCUT2D eigenvalue weighted by atomic mass is 10.2. The molecule has 0 aliphatic carbocycles. The van der Waals surface area contributed by atoms with Gasteiger partial charge in [0, 0.05) is 11.8 Å². The minimum atomic E-state index is -0.352. The molecule has 1 heterocycles. The van der Waals surface area contributed by atoms with Crippen LogP contribution in [0.3, 0.4) is 0 Å². The molecule has 23 heavy (non-hydrogen) atoms. The lowest BCUT2D eigenvalue weighted by Gasteiger charge is -2.03. The predicted octanol–water partition coefficient (Wildman–Crippen LogP) is 3.53. The molecule has 2 amide bonds. The molecule has 1 aromatic heterocycles. The highest BCUT2D eigenvalue weighted by molar-refractivity contribution is 7.14. The number of amides is 2. The van der Waals surface area contributed by atoms with Gasteiger partial charge in [0.2, 0.25) is 5.91 Å². The van der Waals surface area contributed by atoms with E-state index in [4.69, 9.17) is 0 Å². The second kappa shape index (κ2) is 8.05. The average Bonchev–Trinajstić information content (AvgIpc) is 2.99. The molecular weight excluding hydrogens is 310 g/mol. The first-order valence-corrected chi connectivity index (χ1v) is 7.87. The zero-order chi connectivity index (χ0) is 16.7. The Hall–Kier alpha value is -2.73. The fourth-order valence-electron chi connectivity index (χ4n) is 1.70. The van der Waals surface area contributed by atoms with Crippen LogP contribution in [-0.2, 0) is 4.79 Å². The van der Waals surface area contributed by atoms with Crippen LogP contribution in [0.2, 0.25) is 0 Å². The first kappa shape index (κ1) is 16.6. The molecular formula is C17H17N3O2S. The van der Waals surface area contributed by atoms with Crippen LogP contribution in [0.25, 0.3) is 6.08 Å². The fraction of sp³-hybridized carbons (Fsp3) is 0.118. The maximum atomic E-state index is 12.0. The van der Waals surface area contributed by atoms with E-state index >= 15 is 0 Å². The standard InChI is InChI=1S/C17H17N3O2S/c1-12(2)19-20-16(22)14-10-11-23-17(14)18-15(21)9-8-13-6-4-3-5-7-13/h3-11H,1-2H3,(H,18,21)(H,20,22). The van der Waals surface area contributed by atoms with Crippen LogP contribution in [0.5, 0.6) is 0 Å². The SMILES string of the molecule is CC(C)=NNC(=O)c1ccsc1NC(=O)C=Cc1ccccc1. The molecule has 0 saturated carbocycles. The van der Waals surface area contributed by atoms with Crippen molar-refractivity contribution in [2.45, 2.75) is 13.8 Å². The number of rotatable bonds is 5. The van der Waals surface area contributed by atoms with Crippen molar-refractivity contribution in [1.29, 1.82) is 0 Å². The molecule has 0 spiro atoms. The highest BCUT2D eigenvalue weighted by Crippen LogP contribution is 2.23. The van der Waals surface area contributed by atoms with Crippen LogP contribution in [-0.4, -0.2) is 17.5 Å². The summed E-state index contributed by atoms with van der Waals surface area (Å²) in [6, 6.07) is 11.2. The largest absolute Gasteiger partial charge is 0.313 e. The van der Waals surface area contributed by atoms with E-state index in [1.165, 1.54) is 17.4 Å². The van der Waals surface area contributed by atoms with Gasteiger partial charge in [-0.25, -0.2) is 5.43 Å². The van der Waals surface area contributed by atoms with E-state index in [0.717, 1.165) is 11.3 Å². The minimum Gasteiger partial charge on any atom is -0.313 e. The Morgan fingerprint density at radius 1 is 1.13 bits per heavy atom. The molecule has 2 aromatic rings. The molecule has 0 aliphatic rings. The fourth-order valence-corrected chi connectivity index (χ4v) is 2.48. The van der Waals surface area contributed by atoms with Crippen molar-refractivity contribution in [3.8, 4) is 0 Å². The highest BCUT2D eigenvalue weighted by atomic mass is 32.1. The first-order valence-electron chi connectivity index (χ1n) is 6.99. The molecule has 0 radical (unpaired) electrons. The van der Waals surface area contributed by atoms with E-state index < -0.39 is 0 Å². The van der Waals surface area contributed by atoms with Crippen LogP contribution in [0.4, 0.5) is 5.00 Å². The Labute approximate surface area is 138 Å². The molecule has 0 unspecified atom stereocenters. The van der Waals surface area contributed by atoms with Gasteiger partial charge in [0.15, 0.2) is 0 Å². The molecule has 0 bridgehead atoms. The molecule has 1 aromatic carbocycles. The number of anilines is 1. The molecule has 5 nitrogen and oxygen atoms in total. The molecule has 0 saturated heterocycles. The van der Waals surface area contributed by atoms with Gasteiger partial charge in [0.25, 0.3) is 5.91 Å². The zero-order valence-corrected chi connectivity index (χ0v) is 13.7. The molecule has 2 rings (SSSR count). The minimum absolute atomic E-state index is 0.291. The van der Waals surface area contributed by atoms with Crippen LogP contribution < -0.4 is 10.7 Å². The van der Waals surface area contributed by atoms with Gasteiger partial charge in [-0.15, -0.1) is 11.3 Å². The third-order valence-electron chi connectivity index (χ3n) is 2.75. The van der Waals surface area contributed by atoms with Gasteiger partial charge in [-0.2, -0.15) is 5.10 Å². The van der Waals surface area contributed by atoms with E-state index in [1.807, 2.05) is 30.3 Å². The molecule has 0 aliphatic heterocycles. The smallest absolute Gasteiger partial charge is 0.274 e. The summed E-state index contributed by atoms with van der Waals surface area (Å²) in [5.41, 5.74) is 4.50. The molecule has 0 fully saturated rings. The molecule has 118 valence electrons. The van der Waals surface area contributed by atoms with Crippen molar-refractivity contribution in [3.05, 3.63) is 59.0 Å². The van der Waals surface area contributed by atoms with Crippen molar-refractivity contribution in [3.63, 3.8) is 0 Å². The number of nitrogens with one attached hydrogen (secondary N) is 2. The third kappa shape index (κ3) is 5.19. The number of carbonyl (C=O) groups excluding carboxylic acids is 2. The maximum absolute atomic E-state index is 12.0. The van der Waals surface area contributed by atoms with Gasteiger partial charge in [-0.05, 0) is 36.9 Å².